The SMILES string of the molecule is C=CCN1C(=S)N=NC1c1ccc(Cl)cc1Cl. The molecule has 0 fully saturated rings. The van der Waals surface area contributed by atoms with Crippen molar-refractivity contribution < 1.29 is 0 Å². The van der Waals surface area contributed by atoms with Crippen LogP contribution in [0.3, 0.4) is 0 Å². The van der Waals surface area contributed by atoms with Crippen LogP contribution >= 0.6 is 35.4 Å². The Morgan fingerprint density at radius 3 is 2.88 bits per heavy atom. The lowest BCUT2D eigenvalue weighted by molar-refractivity contribution is 0.380. The van der Waals surface area contributed by atoms with Gasteiger partial charge in [0, 0.05) is 22.2 Å². The third-order valence-electron chi connectivity index (χ3n) is 2.36. The third-order valence-corrected chi connectivity index (χ3v) is 3.24. The molecule has 0 aliphatic carbocycles. The van der Waals surface area contributed by atoms with E-state index in [4.69, 9.17) is 35.4 Å². The smallest absolute Gasteiger partial charge is 0.218 e. The molecular weight excluding hydrogens is 277 g/mol. The molecule has 0 saturated heterocycles. The summed E-state index contributed by atoms with van der Waals surface area (Å²) in [5.74, 6) is 0. The Balaban J connectivity index is 2.35. The molecule has 0 aromatic heterocycles. The van der Waals surface area contributed by atoms with Crippen LogP contribution in [0.15, 0.2) is 41.1 Å². The van der Waals surface area contributed by atoms with Gasteiger partial charge in [-0.15, -0.1) is 11.7 Å². The van der Waals surface area contributed by atoms with Crippen LogP contribution in [0, 0.1) is 0 Å². The van der Waals surface area contributed by atoms with E-state index in [1.54, 1.807) is 18.2 Å². The largest absolute Gasteiger partial charge is 0.315 e. The molecule has 1 aliphatic heterocycles. The average molecular weight is 286 g/mol. The van der Waals surface area contributed by atoms with Gasteiger partial charge in [0.2, 0.25) is 5.11 Å². The van der Waals surface area contributed by atoms with E-state index in [9.17, 15) is 0 Å². The summed E-state index contributed by atoms with van der Waals surface area (Å²) >= 11 is 17.1. The van der Waals surface area contributed by atoms with Crippen molar-refractivity contribution in [1.29, 1.82) is 0 Å². The van der Waals surface area contributed by atoms with E-state index < -0.39 is 0 Å². The standard InChI is InChI=1S/C11H9Cl2N3S/c1-2-5-16-10(14-15-11(16)17)8-4-3-7(12)6-9(8)13/h2-4,6,10H,1,5H2. The van der Waals surface area contributed by atoms with Crippen LogP contribution < -0.4 is 0 Å². The topological polar surface area (TPSA) is 28.0 Å². The van der Waals surface area contributed by atoms with Gasteiger partial charge in [0.25, 0.3) is 0 Å². The van der Waals surface area contributed by atoms with E-state index in [1.807, 2.05) is 11.0 Å². The molecule has 0 spiro atoms. The first-order valence-electron chi connectivity index (χ1n) is 4.91. The second kappa shape index (κ2) is 5.12. The van der Waals surface area contributed by atoms with Gasteiger partial charge in [-0.2, -0.15) is 5.11 Å². The first-order chi connectivity index (χ1) is 8.13. The zero-order valence-electron chi connectivity index (χ0n) is 8.81. The lowest BCUT2D eigenvalue weighted by atomic mass is 10.1. The molecule has 3 nitrogen and oxygen atoms in total. The maximum absolute atomic E-state index is 6.14. The van der Waals surface area contributed by atoms with Crippen molar-refractivity contribution >= 4 is 40.5 Å². The Kier molecular flexibility index (Phi) is 3.76. The average Bonchev–Trinajstić information content (AvgIpc) is 2.62. The second-order valence-corrected chi connectivity index (χ2v) is 4.69. The van der Waals surface area contributed by atoms with Gasteiger partial charge in [-0.25, -0.2) is 0 Å². The van der Waals surface area contributed by atoms with E-state index >= 15 is 0 Å². The number of nitrogens with zero attached hydrogens (tertiary/aromatic N) is 3. The highest BCUT2D eigenvalue weighted by molar-refractivity contribution is 7.80. The molecule has 0 radical (unpaired) electrons. The molecule has 1 unspecified atom stereocenters. The number of benzene rings is 1. The molecule has 17 heavy (non-hydrogen) atoms. The maximum Gasteiger partial charge on any atom is 0.218 e. The molecule has 0 bridgehead atoms. The zero-order chi connectivity index (χ0) is 12.4. The van der Waals surface area contributed by atoms with E-state index in [0.717, 1.165) is 5.56 Å². The van der Waals surface area contributed by atoms with Crippen molar-refractivity contribution in [2.45, 2.75) is 6.17 Å². The molecule has 6 heteroatoms. The van der Waals surface area contributed by atoms with Crippen LogP contribution in [0.5, 0.6) is 0 Å². The second-order valence-electron chi connectivity index (χ2n) is 3.48. The maximum atomic E-state index is 6.14. The van der Waals surface area contributed by atoms with Crippen LogP contribution in [-0.4, -0.2) is 16.6 Å². The fourth-order valence-corrected chi connectivity index (χ4v) is 2.31. The molecule has 1 heterocycles. The first kappa shape index (κ1) is 12.5. The minimum atomic E-state index is -0.287. The molecule has 1 aromatic carbocycles. The van der Waals surface area contributed by atoms with Crippen LogP contribution in [0.4, 0.5) is 0 Å². The molecule has 1 aliphatic rings. The number of rotatable bonds is 3. The van der Waals surface area contributed by atoms with Crippen molar-refractivity contribution in [3.63, 3.8) is 0 Å². The summed E-state index contributed by atoms with van der Waals surface area (Å²) in [4.78, 5) is 1.84. The Morgan fingerprint density at radius 1 is 1.47 bits per heavy atom. The van der Waals surface area contributed by atoms with Crippen LogP contribution in [0.2, 0.25) is 10.0 Å². The summed E-state index contributed by atoms with van der Waals surface area (Å²) in [7, 11) is 0. The van der Waals surface area contributed by atoms with Gasteiger partial charge in [-0.05, 0) is 24.4 Å². The third kappa shape index (κ3) is 2.49. The van der Waals surface area contributed by atoms with Gasteiger partial charge in [-0.1, -0.05) is 35.3 Å². The van der Waals surface area contributed by atoms with Gasteiger partial charge in [0.05, 0.1) is 0 Å². The predicted molar refractivity (Wildman–Crippen MR) is 73.6 cm³/mol. The summed E-state index contributed by atoms with van der Waals surface area (Å²) in [6.45, 7) is 4.26. The quantitative estimate of drug-likeness (QED) is 0.614. The van der Waals surface area contributed by atoms with E-state index in [1.165, 1.54) is 0 Å². The van der Waals surface area contributed by atoms with Crippen molar-refractivity contribution in [3.05, 3.63) is 46.5 Å². The Morgan fingerprint density at radius 2 is 2.24 bits per heavy atom. The minimum Gasteiger partial charge on any atom is -0.315 e. The lowest BCUT2D eigenvalue weighted by Gasteiger charge is -2.22. The number of halogens is 2. The highest BCUT2D eigenvalue weighted by Crippen LogP contribution is 2.34. The summed E-state index contributed by atoms with van der Waals surface area (Å²) in [6.07, 6.45) is 1.46. The van der Waals surface area contributed by atoms with Gasteiger partial charge in [0.15, 0.2) is 6.17 Å². The van der Waals surface area contributed by atoms with Crippen LogP contribution in [0.1, 0.15) is 11.7 Å². The predicted octanol–water partition coefficient (Wildman–Crippen LogP) is 4.23. The summed E-state index contributed by atoms with van der Waals surface area (Å²) in [5, 5.41) is 9.60. The van der Waals surface area contributed by atoms with Crippen molar-refractivity contribution in [1.82, 2.24) is 4.90 Å². The number of thiocarbonyl (C=S) groups is 1. The molecule has 88 valence electrons. The van der Waals surface area contributed by atoms with Gasteiger partial charge >= 0.3 is 0 Å². The molecule has 0 saturated carbocycles. The first-order valence-corrected chi connectivity index (χ1v) is 6.07. The Hall–Kier alpha value is -0.970. The van der Waals surface area contributed by atoms with Gasteiger partial charge < -0.3 is 4.90 Å². The Bertz CT molecular complexity index is 501. The number of hydrogen-bond donors (Lipinski definition) is 0. The lowest BCUT2D eigenvalue weighted by Crippen LogP contribution is -2.27. The summed E-state index contributed by atoms with van der Waals surface area (Å²) in [5.41, 5.74) is 0.835. The normalized spacial score (nSPS) is 18.8. The van der Waals surface area contributed by atoms with E-state index in [2.05, 4.69) is 16.8 Å². The molecular formula is C11H9Cl2N3S. The van der Waals surface area contributed by atoms with Gasteiger partial charge in [-0.3, -0.25) is 0 Å². The molecule has 0 amide bonds. The summed E-state index contributed by atoms with van der Waals surface area (Å²) in [6, 6.07) is 5.28. The zero-order valence-corrected chi connectivity index (χ0v) is 11.1. The molecule has 1 atom stereocenters. The molecule has 1 aromatic rings. The minimum absolute atomic E-state index is 0.287. The monoisotopic (exact) mass is 285 g/mol. The number of hydrogen-bond acceptors (Lipinski definition) is 2. The fourth-order valence-electron chi connectivity index (χ4n) is 1.59. The van der Waals surface area contributed by atoms with Gasteiger partial charge in [0.1, 0.15) is 0 Å². The fraction of sp³-hybridized carbons (Fsp3) is 0.182. The van der Waals surface area contributed by atoms with E-state index in [0.29, 0.717) is 21.7 Å². The number of azo groups is 1. The van der Waals surface area contributed by atoms with Crippen molar-refractivity contribution in [2.75, 3.05) is 6.54 Å². The van der Waals surface area contributed by atoms with Crippen LogP contribution in [0.25, 0.3) is 0 Å². The summed E-state index contributed by atoms with van der Waals surface area (Å²) < 4.78 is 0. The highest BCUT2D eigenvalue weighted by atomic mass is 35.5. The van der Waals surface area contributed by atoms with Crippen molar-refractivity contribution in [2.24, 2.45) is 10.2 Å². The molecule has 0 N–H and O–H groups in total. The van der Waals surface area contributed by atoms with E-state index in [-0.39, 0.29) is 6.17 Å². The highest BCUT2D eigenvalue weighted by Gasteiger charge is 2.28. The van der Waals surface area contributed by atoms with Crippen LogP contribution in [-0.2, 0) is 0 Å². The molecule has 2 rings (SSSR count). The van der Waals surface area contributed by atoms with Crippen molar-refractivity contribution in [3.8, 4) is 0 Å². The Labute approximate surface area is 115 Å².